The molecule has 0 bridgehead atoms. The first-order valence-corrected chi connectivity index (χ1v) is 5.21. The van der Waals surface area contributed by atoms with Crippen molar-refractivity contribution in [3.05, 3.63) is 0 Å². The third kappa shape index (κ3) is 2.70. The lowest BCUT2D eigenvalue weighted by Gasteiger charge is -2.34. The molecule has 0 atom stereocenters. The summed E-state index contributed by atoms with van der Waals surface area (Å²) in [6, 6.07) is 0. The molecule has 0 radical (unpaired) electrons. The highest BCUT2D eigenvalue weighted by Crippen LogP contribution is 2.27. The molecule has 0 unspecified atom stereocenters. The molecule has 0 aromatic rings. The lowest BCUT2D eigenvalue weighted by atomic mass is 9.83. The van der Waals surface area contributed by atoms with Crippen molar-refractivity contribution in [1.29, 1.82) is 0 Å². The maximum atomic E-state index is 11.1. The van der Waals surface area contributed by atoms with Gasteiger partial charge in [-0.15, -0.1) is 0 Å². The summed E-state index contributed by atoms with van der Waals surface area (Å²) in [7, 11) is 0. The molecule has 1 N–H and O–H groups in total. The first-order valence-electron chi connectivity index (χ1n) is 4.58. The van der Waals surface area contributed by atoms with E-state index in [0.717, 1.165) is 12.8 Å². The van der Waals surface area contributed by atoms with Crippen LogP contribution in [0.15, 0.2) is 0 Å². The zero-order chi connectivity index (χ0) is 9.03. The zero-order valence-corrected chi connectivity index (χ0v) is 8.49. The van der Waals surface area contributed by atoms with Gasteiger partial charge >= 0.3 is 0 Å². The smallest absolute Gasteiger partial charge is 0.230 e. The summed E-state index contributed by atoms with van der Waals surface area (Å²) in [6.07, 6.45) is 6.03. The molecule has 1 saturated carbocycles. The van der Waals surface area contributed by atoms with E-state index in [-0.39, 0.29) is 11.4 Å². The van der Waals surface area contributed by atoms with Crippen molar-refractivity contribution >= 4 is 18.5 Å². The first kappa shape index (κ1) is 9.90. The molecule has 70 valence electrons. The van der Waals surface area contributed by atoms with Crippen molar-refractivity contribution in [2.75, 3.05) is 5.75 Å². The molecule has 1 rings (SSSR count). The Labute approximate surface area is 79.5 Å². The summed E-state index contributed by atoms with van der Waals surface area (Å²) in [4.78, 5) is 11.1. The van der Waals surface area contributed by atoms with Gasteiger partial charge in [0.25, 0.3) is 0 Å². The highest BCUT2D eigenvalue weighted by atomic mass is 32.1. The minimum atomic E-state index is 0.0536. The van der Waals surface area contributed by atoms with Crippen LogP contribution in [0.2, 0.25) is 0 Å². The summed E-state index contributed by atoms with van der Waals surface area (Å²) >= 11 is 3.94. The fourth-order valence-electron chi connectivity index (χ4n) is 1.83. The molecule has 0 aromatic carbocycles. The van der Waals surface area contributed by atoms with Crippen molar-refractivity contribution in [3.8, 4) is 0 Å². The summed E-state index contributed by atoms with van der Waals surface area (Å²) in [6.45, 7) is 2.13. The van der Waals surface area contributed by atoms with Crippen LogP contribution in [0, 0.1) is 0 Å². The number of carbonyl (C=O) groups is 1. The molecule has 0 aliphatic heterocycles. The van der Waals surface area contributed by atoms with Crippen molar-refractivity contribution in [2.24, 2.45) is 0 Å². The molecular weight excluding hydrogens is 170 g/mol. The lowest BCUT2D eigenvalue weighted by Crippen LogP contribution is -2.47. The zero-order valence-electron chi connectivity index (χ0n) is 7.60. The van der Waals surface area contributed by atoms with E-state index in [1.54, 1.807) is 0 Å². The molecule has 0 spiro atoms. The van der Waals surface area contributed by atoms with Gasteiger partial charge in [-0.3, -0.25) is 4.79 Å². The van der Waals surface area contributed by atoms with Crippen LogP contribution < -0.4 is 5.32 Å². The van der Waals surface area contributed by atoms with E-state index in [9.17, 15) is 4.79 Å². The van der Waals surface area contributed by atoms with Gasteiger partial charge in [0.05, 0.1) is 5.75 Å². The molecule has 3 heteroatoms. The van der Waals surface area contributed by atoms with Gasteiger partial charge in [-0.05, 0) is 19.8 Å². The van der Waals surface area contributed by atoms with Gasteiger partial charge in [-0.2, -0.15) is 12.6 Å². The third-order valence-corrected chi connectivity index (χ3v) is 2.83. The summed E-state index contributed by atoms with van der Waals surface area (Å²) in [5.74, 6) is 0.359. The number of rotatable bonds is 2. The maximum absolute atomic E-state index is 11.1. The number of nitrogens with one attached hydrogen (secondary N) is 1. The quantitative estimate of drug-likeness (QED) is 0.634. The fourth-order valence-corrected chi connectivity index (χ4v) is 1.91. The molecule has 1 aliphatic rings. The van der Waals surface area contributed by atoms with Crippen LogP contribution in [-0.2, 0) is 4.79 Å². The SMILES string of the molecule is CC1(NC(=O)CS)CCCCC1. The lowest BCUT2D eigenvalue weighted by molar-refractivity contribution is -0.120. The minimum absolute atomic E-state index is 0.0536. The van der Waals surface area contributed by atoms with Crippen molar-refractivity contribution in [2.45, 2.75) is 44.6 Å². The Morgan fingerprint density at radius 1 is 1.42 bits per heavy atom. The Bertz CT molecular complexity index is 164. The van der Waals surface area contributed by atoms with Gasteiger partial charge in [-0.25, -0.2) is 0 Å². The molecule has 12 heavy (non-hydrogen) atoms. The molecule has 0 heterocycles. The largest absolute Gasteiger partial charge is 0.350 e. The van der Waals surface area contributed by atoms with E-state index in [4.69, 9.17) is 0 Å². The molecule has 2 nitrogen and oxygen atoms in total. The van der Waals surface area contributed by atoms with Gasteiger partial charge in [0.15, 0.2) is 0 Å². The van der Waals surface area contributed by atoms with Crippen LogP contribution in [0.5, 0.6) is 0 Å². The van der Waals surface area contributed by atoms with E-state index >= 15 is 0 Å². The van der Waals surface area contributed by atoms with Crippen LogP contribution in [0.25, 0.3) is 0 Å². The second kappa shape index (κ2) is 4.17. The maximum Gasteiger partial charge on any atom is 0.230 e. The van der Waals surface area contributed by atoms with Crippen LogP contribution in [0.1, 0.15) is 39.0 Å². The Morgan fingerprint density at radius 3 is 2.50 bits per heavy atom. The monoisotopic (exact) mass is 187 g/mol. The average Bonchev–Trinajstić information content (AvgIpc) is 2.05. The molecular formula is C9H17NOS. The number of amides is 1. The van der Waals surface area contributed by atoms with Gasteiger partial charge in [0, 0.05) is 5.54 Å². The Morgan fingerprint density at radius 2 is 2.00 bits per heavy atom. The Hall–Kier alpha value is -0.180. The number of hydrogen-bond acceptors (Lipinski definition) is 2. The third-order valence-electron chi connectivity index (χ3n) is 2.54. The number of thiol groups is 1. The second-order valence-electron chi connectivity index (χ2n) is 3.83. The number of carbonyl (C=O) groups excluding carboxylic acids is 1. The first-order chi connectivity index (χ1) is 5.66. The van der Waals surface area contributed by atoms with Crippen LogP contribution in [0.4, 0.5) is 0 Å². The fraction of sp³-hybridized carbons (Fsp3) is 0.889. The predicted molar refractivity (Wildman–Crippen MR) is 53.5 cm³/mol. The van der Waals surface area contributed by atoms with Crippen LogP contribution >= 0.6 is 12.6 Å². The summed E-state index contributed by atoms with van der Waals surface area (Å²) < 4.78 is 0. The van der Waals surface area contributed by atoms with Gasteiger partial charge in [-0.1, -0.05) is 19.3 Å². The van der Waals surface area contributed by atoms with Gasteiger partial charge in [0.2, 0.25) is 5.91 Å². The number of hydrogen-bond donors (Lipinski definition) is 2. The van der Waals surface area contributed by atoms with E-state index in [2.05, 4.69) is 24.9 Å². The van der Waals surface area contributed by atoms with Crippen LogP contribution in [0.3, 0.4) is 0 Å². The molecule has 1 amide bonds. The molecule has 0 saturated heterocycles. The Kier molecular flexibility index (Phi) is 3.44. The highest BCUT2D eigenvalue weighted by molar-refractivity contribution is 7.81. The van der Waals surface area contributed by atoms with Crippen molar-refractivity contribution < 1.29 is 4.79 Å². The standard InChI is InChI=1S/C9H17NOS/c1-9(10-8(11)7-12)5-3-2-4-6-9/h12H,2-7H2,1H3,(H,10,11). The minimum Gasteiger partial charge on any atom is -0.350 e. The van der Waals surface area contributed by atoms with E-state index in [1.165, 1.54) is 19.3 Å². The van der Waals surface area contributed by atoms with E-state index in [1.807, 2.05) is 0 Å². The highest BCUT2D eigenvalue weighted by Gasteiger charge is 2.27. The molecule has 0 aromatic heterocycles. The van der Waals surface area contributed by atoms with Crippen molar-refractivity contribution in [1.82, 2.24) is 5.32 Å². The van der Waals surface area contributed by atoms with Gasteiger partial charge in [0.1, 0.15) is 0 Å². The average molecular weight is 187 g/mol. The van der Waals surface area contributed by atoms with E-state index in [0.29, 0.717) is 5.75 Å². The molecule has 1 aliphatic carbocycles. The Balaban J connectivity index is 2.41. The topological polar surface area (TPSA) is 29.1 Å². The normalized spacial score (nSPS) is 21.8. The molecule has 1 fully saturated rings. The summed E-state index contributed by atoms with van der Waals surface area (Å²) in [5, 5.41) is 3.03. The summed E-state index contributed by atoms with van der Waals surface area (Å²) in [5.41, 5.74) is 0.0536. The predicted octanol–water partition coefficient (Wildman–Crippen LogP) is 1.76. The van der Waals surface area contributed by atoms with Gasteiger partial charge < -0.3 is 5.32 Å². The second-order valence-corrected chi connectivity index (χ2v) is 4.14. The van der Waals surface area contributed by atoms with E-state index < -0.39 is 0 Å². The van der Waals surface area contributed by atoms with Crippen LogP contribution in [-0.4, -0.2) is 17.2 Å². The van der Waals surface area contributed by atoms with Crippen molar-refractivity contribution in [3.63, 3.8) is 0 Å².